The average molecular weight is 657 g/mol. The number of alkyl halides is 1. The summed E-state index contributed by atoms with van der Waals surface area (Å²) in [5, 5.41) is 20.7. The monoisotopic (exact) mass is 656 g/mol. The Morgan fingerprint density at radius 1 is 1.17 bits per heavy atom. The number of pyridine rings is 1. The van der Waals surface area contributed by atoms with E-state index in [0.717, 1.165) is 38.9 Å². The third-order valence-electron chi connectivity index (χ3n) is 9.35. The second-order valence-electron chi connectivity index (χ2n) is 12.2. The minimum Gasteiger partial charge on any atom is -0.461 e. The largest absolute Gasteiger partial charge is 0.505 e. The van der Waals surface area contributed by atoms with Crippen LogP contribution in [0.25, 0.3) is 33.1 Å². The molecule has 7 rings (SSSR count). The smallest absolute Gasteiger partial charge is 0.461 e. The van der Waals surface area contributed by atoms with Crippen molar-refractivity contribution in [3.05, 3.63) is 34.9 Å². The van der Waals surface area contributed by atoms with Gasteiger partial charge in [0.25, 0.3) is 0 Å². The zero-order chi connectivity index (χ0) is 31.8. The molecule has 3 saturated heterocycles. The maximum atomic E-state index is 16.9. The summed E-state index contributed by atoms with van der Waals surface area (Å²) in [6.07, 6.45) is 4.58. The van der Waals surface area contributed by atoms with E-state index in [1.165, 1.54) is 0 Å². The molecule has 0 spiro atoms. The van der Waals surface area contributed by atoms with Crippen LogP contribution in [0.3, 0.4) is 0 Å². The molecule has 0 amide bonds. The van der Waals surface area contributed by atoms with Gasteiger partial charge in [-0.25, -0.2) is 13.6 Å². The van der Waals surface area contributed by atoms with E-state index in [2.05, 4.69) is 40.0 Å². The first-order valence-electron chi connectivity index (χ1n) is 15.7. The van der Waals surface area contributed by atoms with Gasteiger partial charge in [0, 0.05) is 54.8 Å². The van der Waals surface area contributed by atoms with Gasteiger partial charge in [0.05, 0.1) is 29.2 Å². The molecule has 3 fully saturated rings. The number of rotatable bonds is 9. The van der Waals surface area contributed by atoms with Crippen molar-refractivity contribution in [1.29, 1.82) is 0 Å². The lowest BCUT2D eigenvalue weighted by molar-refractivity contribution is 0.0907. The van der Waals surface area contributed by atoms with Crippen LogP contribution in [0.15, 0.2) is 18.5 Å². The SMILES string of the molecule is O=C(O)OCCCc1c(Cl)cc2[nH]ncc2c1-c1ncc2c(N3CCCNCC3)nc(OC[C@@]34CCCN3C[C@H](F)C4)nc2c1F. The maximum absolute atomic E-state index is 16.9. The lowest BCUT2D eigenvalue weighted by Gasteiger charge is -2.31. The highest BCUT2D eigenvalue weighted by Gasteiger charge is 2.49. The van der Waals surface area contributed by atoms with Gasteiger partial charge in [-0.3, -0.25) is 15.0 Å². The average Bonchev–Trinajstić information content (AvgIpc) is 3.65. The van der Waals surface area contributed by atoms with E-state index in [1.807, 2.05) is 0 Å². The van der Waals surface area contributed by atoms with Gasteiger partial charge >= 0.3 is 12.2 Å². The predicted octanol–water partition coefficient (Wildman–Crippen LogP) is 4.74. The van der Waals surface area contributed by atoms with Crippen molar-refractivity contribution in [2.75, 3.05) is 57.4 Å². The van der Waals surface area contributed by atoms with Gasteiger partial charge in [0.2, 0.25) is 0 Å². The number of aromatic nitrogens is 5. The fraction of sp³-hybridized carbons (Fsp3) is 0.516. The molecule has 3 aromatic heterocycles. The van der Waals surface area contributed by atoms with Crippen LogP contribution in [0.2, 0.25) is 5.02 Å². The molecule has 12 nitrogen and oxygen atoms in total. The van der Waals surface area contributed by atoms with Crippen molar-refractivity contribution in [3.63, 3.8) is 0 Å². The van der Waals surface area contributed by atoms with E-state index < -0.39 is 23.7 Å². The highest BCUT2D eigenvalue weighted by Crippen LogP contribution is 2.42. The molecule has 15 heteroatoms. The summed E-state index contributed by atoms with van der Waals surface area (Å²) >= 11 is 6.71. The van der Waals surface area contributed by atoms with Crippen LogP contribution in [-0.2, 0) is 11.2 Å². The number of anilines is 1. The van der Waals surface area contributed by atoms with E-state index >= 15 is 4.39 Å². The summed E-state index contributed by atoms with van der Waals surface area (Å²) in [5.74, 6) is -0.139. The van der Waals surface area contributed by atoms with Gasteiger partial charge in [-0.05, 0) is 56.8 Å². The number of carboxylic acid groups (broad SMARTS) is 1. The Balaban J connectivity index is 1.32. The molecule has 244 valence electrons. The minimum absolute atomic E-state index is 0.0281. The number of hydrogen-bond donors (Lipinski definition) is 3. The molecule has 4 aromatic rings. The van der Waals surface area contributed by atoms with Crippen molar-refractivity contribution in [1.82, 2.24) is 35.4 Å². The molecule has 0 unspecified atom stereocenters. The highest BCUT2D eigenvalue weighted by atomic mass is 35.5. The second-order valence-corrected chi connectivity index (χ2v) is 12.6. The molecule has 6 heterocycles. The molecular weight excluding hydrogens is 622 g/mol. The minimum atomic E-state index is -1.37. The number of nitrogens with zero attached hydrogens (tertiary/aromatic N) is 6. The second kappa shape index (κ2) is 12.7. The Morgan fingerprint density at radius 2 is 2.07 bits per heavy atom. The van der Waals surface area contributed by atoms with Gasteiger partial charge in [-0.1, -0.05) is 11.6 Å². The predicted molar refractivity (Wildman–Crippen MR) is 168 cm³/mol. The molecule has 2 atom stereocenters. The van der Waals surface area contributed by atoms with Crippen molar-refractivity contribution < 1.29 is 28.2 Å². The van der Waals surface area contributed by atoms with Crippen molar-refractivity contribution in [2.45, 2.75) is 50.2 Å². The summed E-state index contributed by atoms with van der Waals surface area (Å²) in [7, 11) is 0. The Bertz CT molecular complexity index is 1770. The molecule has 0 aliphatic carbocycles. The summed E-state index contributed by atoms with van der Waals surface area (Å²) in [4.78, 5) is 29.1. The first-order valence-corrected chi connectivity index (χ1v) is 16.1. The number of H-pyrrole nitrogens is 1. The molecule has 0 radical (unpaired) electrons. The first kappa shape index (κ1) is 30.8. The Hall–Kier alpha value is -3.88. The van der Waals surface area contributed by atoms with Gasteiger partial charge in [-0.2, -0.15) is 15.1 Å². The van der Waals surface area contributed by atoms with E-state index in [9.17, 15) is 9.18 Å². The standard InChI is InChI=1S/C31H35ClF2N8O4/c32-22-12-23-20(15-37-40-23)24(19(22)4-1-11-45-30(43)44)27-25(34)26-21(14-36-27)28(41-8-3-6-35-7-10-41)39-29(38-26)46-17-31-5-2-9-42(31)16-18(33)13-31/h12,14-15,18,35H,1-11,13,16-17H2,(H,37,40)(H,43,44)/t18-,31+/m1/s1. The molecule has 3 aliphatic rings. The van der Waals surface area contributed by atoms with Gasteiger partial charge in [0.15, 0.2) is 5.82 Å². The van der Waals surface area contributed by atoms with E-state index in [-0.39, 0.29) is 30.4 Å². The van der Waals surface area contributed by atoms with Crippen molar-refractivity contribution in [3.8, 4) is 17.3 Å². The van der Waals surface area contributed by atoms with E-state index in [1.54, 1.807) is 18.5 Å². The van der Waals surface area contributed by atoms with Crippen LogP contribution < -0.4 is 15.0 Å². The Kier molecular flexibility index (Phi) is 8.51. The highest BCUT2D eigenvalue weighted by molar-refractivity contribution is 6.33. The Morgan fingerprint density at radius 3 is 2.93 bits per heavy atom. The van der Waals surface area contributed by atoms with E-state index in [0.29, 0.717) is 77.2 Å². The lowest BCUT2D eigenvalue weighted by Crippen LogP contribution is -2.43. The summed E-state index contributed by atoms with van der Waals surface area (Å²) in [6, 6.07) is 1.74. The molecule has 0 saturated carbocycles. The number of benzene rings is 1. The number of ether oxygens (including phenoxy) is 2. The van der Waals surface area contributed by atoms with Gasteiger partial charge in [0.1, 0.15) is 29.8 Å². The third kappa shape index (κ3) is 5.77. The van der Waals surface area contributed by atoms with Crippen LogP contribution in [0.1, 0.15) is 37.7 Å². The lowest BCUT2D eigenvalue weighted by atomic mass is 9.95. The topological polar surface area (TPSA) is 142 Å². The normalized spacial score (nSPS) is 22.0. The molecule has 0 bridgehead atoms. The summed E-state index contributed by atoms with van der Waals surface area (Å²) in [6.45, 7) is 4.34. The number of aromatic amines is 1. The molecule has 3 N–H and O–H groups in total. The van der Waals surface area contributed by atoms with E-state index in [4.69, 9.17) is 26.4 Å². The first-order chi connectivity index (χ1) is 22.3. The van der Waals surface area contributed by atoms with Crippen LogP contribution >= 0.6 is 11.6 Å². The number of fused-ring (bicyclic) bond motifs is 3. The fourth-order valence-corrected chi connectivity index (χ4v) is 7.53. The molecule has 3 aliphatic heterocycles. The van der Waals surface area contributed by atoms with Crippen LogP contribution in [0.4, 0.5) is 19.4 Å². The molecule has 46 heavy (non-hydrogen) atoms. The third-order valence-corrected chi connectivity index (χ3v) is 9.68. The van der Waals surface area contributed by atoms with Gasteiger partial charge < -0.3 is 24.8 Å². The molecule has 1 aromatic carbocycles. The Labute approximate surface area is 268 Å². The van der Waals surface area contributed by atoms with Crippen LogP contribution in [0.5, 0.6) is 6.01 Å². The van der Waals surface area contributed by atoms with Gasteiger partial charge in [-0.15, -0.1) is 0 Å². The number of carbonyl (C=O) groups is 1. The summed E-state index contributed by atoms with van der Waals surface area (Å²) in [5.41, 5.74) is 1.28. The maximum Gasteiger partial charge on any atom is 0.505 e. The van der Waals surface area contributed by atoms with Crippen molar-refractivity contribution >= 4 is 45.4 Å². The zero-order valence-electron chi connectivity index (χ0n) is 25.2. The quantitative estimate of drug-likeness (QED) is 0.170. The van der Waals surface area contributed by atoms with Crippen molar-refractivity contribution in [2.24, 2.45) is 0 Å². The number of nitrogens with one attached hydrogen (secondary N) is 2. The molecular formula is C31H35ClF2N8O4. The fourth-order valence-electron chi connectivity index (χ4n) is 7.23. The zero-order valence-corrected chi connectivity index (χ0v) is 26.0. The summed E-state index contributed by atoms with van der Waals surface area (Å²) < 4.78 is 42.3. The number of halogens is 3. The van der Waals surface area contributed by atoms with Crippen LogP contribution in [0, 0.1) is 5.82 Å². The van der Waals surface area contributed by atoms with Crippen LogP contribution in [-0.4, -0.2) is 106 Å². The number of hydrogen-bond acceptors (Lipinski definition) is 10.